The maximum absolute atomic E-state index is 12.8. The van der Waals surface area contributed by atoms with Crippen LogP contribution in [0.25, 0.3) is 0 Å². The van der Waals surface area contributed by atoms with Crippen LogP contribution in [-0.4, -0.2) is 39.2 Å². The first-order valence-corrected chi connectivity index (χ1v) is 9.48. The summed E-state index contributed by atoms with van der Waals surface area (Å²) in [6.45, 7) is -0.0292. The molecule has 2 rings (SSSR count). The Hall–Kier alpha value is -3.11. The molecule has 0 spiro atoms. The van der Waals surface area contributed by atoms with Gasteiger partial charge < -0.3 is 10.1 Å². The summed E-state index contributed by atoms with van der Waals surface area (Å²) < 4.78 is 43.5. The van der Waals surface area contributed by atoms with E-state index in [9.17, 15) is 27.2 Å². The molecule has 0 aromatic heterocycles. The molecule has 10 heteroatoms. The Morgan fingerprint density at radius 3 is 2.32 bits per heavy atom. The number of sulfonamides is 1. The highest BCUT2D eigenvalue weighted by molar-refractivity contribution is 7.89. The number of nitrogens with one attached hydrogen (secondary N) is 2. The highest BCUT2D eigenvalue weighted by atomic mass is 32.2. The molecule has 148 valence electrons. The minimum absolute atomic E-state index is 0.222. The largest absolute Gasteiger partial charge is 0.455 e. The van der Waals surface area contributed by atoms with Crippen molar-refractivity contribution >= 4 is 33.4 Å². The van der Waals surface area contributed by atoms with Crippen LogP contribution >= 0.6 is 0 Å². The maximum atomic E-state index is 12.8. The first-order chi connectivity index (χ1) is 13.2. The molecule has 0 heterocycles. The van der Waals surface area contributed by atoms with Crippen LogP contribution in [0.15, 0.2) is 53.4 Å². The number of rotatable bonds is 8. The SMILES string of the molecule is CC(=O)c1ccccc1NC(=O)COC(=O)CNS(=O)(=O)c1ccc(F)cc1. The van der Waals surface area contributed by atoms with Crippen LogP contribution in [-0.2, 0) is 24.3 Å². The number of ether oxygens (including phenoxy) is 1. The standard InChI is InChI=1S/C18H17FN2O6S/c1-12(22)15-4-2-3-5-16(15)21-17(23)11-27-18(24)10-20-28(25,26)14-8-6-13(19)7-9-14/h2-9,20H,10-11H2,1H3,(H,21,23). The number of esters is 1. The van der Waals surface area contributed by atoms with E-state index in [1.54, 1.807) is 12.1 Å². The van der Waals surface area contributed by atoms with E-state index in [1.807, 2.05) is 4.72 Å². The molecule has 0 radical (unpaired) electrons. The Kier molecular flexibility index (Phi) is 6.96. The van der Waals surface area contributed by atoms with E-state index < -0.39 is 40.9 Å². The third-order valence-electron chi connectivity index (χ3n) is 3.48. The molecule has 2 N–H and O–H groups in total. The lowest BCUT2D eigenvalue weighted by molar-refractivity contribution is -0.146. The number of para-hydroxylation sites is 1. The fourth-order valence-corrected chi connectivity index (χ4v) is 3.10. The van der Waals surface area contributed by atoms with E-state index >= 15 is 0 Å². The van der Waals surface area contributed by atoms with Crippen molar-refractivity contribution in [3.8, 4) is 0 Å². The van der Waals surface area contributed by atoms with Gasteiger partial charge in [0, 0.05) is 5.56 Å². The third kappa shape index (κ3) is 5.96. The summed E-state index contributed by atoms with van der Waals surface area (Å²) in [7, 11) is -4.03. The Balaban J connectivity index is 1.85. The molecule has 0 fully saturated rings. The van der Waals surface area contributed by atoms with Gasteiger partial charge in [0.15, 0.2) is 12.4 Å². The van der Waals surface area contributed by atoms with Crippen molar-refractivity contribution in [2.75, 3.05) is 18.5 Å². The van der Waals surface area contributed by atoms with Crippen molar-refractivity contribution in [1.29, 1.82) is 0 Å². The molecule has 0 saturated carbocycles. The highest BCUT2D eigenvalue weighted by Crippen LogP contribution is 2.15. The molecule has 0 unspecified atom stereocenters. The van der Waals surface area contributed by atoms with Crippen LogP contribution in [0.1, 0.15) is 17.3 Å². The lowest BCUT2D eigenvalue weighted by Crippen LogP contribution is -2.32. The Morgan fingerprint density at radius 2 is 1.68 bits per heavy atom. The predicted molar refractivity (Wildman–Crippen MR) is 97.6 cm³/mol. The maximum Gasteiger partial charge on any atom is 0.321 e. The van der Waals surface area contributed by atoms with Gasteiger partial charge in [-0.25, -0.2) is 12.8 Å². The van der Waals surface area contributed by atoms with Gasteiger partial charge in [-0.3, -0.25) is 14.4 Å². The van der Waals surface area contributed by atoms with Crippen LogP contribution < -0.4 is 10.0 Å². The smallest absolute Gasteiger partial charge is 0.321 e. The number of amides is 1. The van der Waals surface area contributed by atoms with Crippen molar-refractivity contribution in [1.82, 2.24) is 4.72 Å². The van der Waals surface area contributed by atoms with Crippen LogP contribution in [0.5, 0.6) is 0 Å². The average molecular weight is 408 g/mol. The summed E-state index contributed by atoms with van der Waals surface area (Å²) in [5.41, 5.74) is 0.572. The zero-order chi connectivity index (χ0) is 20.7. The van der Waals surface area contributed by atoms with Crippen molar-refractivity contribution in [3.63, 3.8) is 0 Å². The summed E-state index contributed by atoms with van der Waals surface area (Å²) in [4.78, 5) is 34.8. The summed E-state index contributed by atoms with van der Waals surface area (Å²) in [5, 5.41) is 2.44. The second-order valence-electron chi connectivity index (χ2n) is 5.59. The highest BCUT2D eigenvalue weighted by Gasteiger charge is 2.17. The van der Waals surface area contributed by atoms with Gasteiger partial charge in [-0.15, -0.1) is 0 Å². The first kappa shape index (κ1) is 21.2. The van der Waals surface area contributed by atoms with Crippen LogP contribution in [0.4, 0.5) is 10.1 Å². The summed E-state index contributed by atoms with van der Waals surface area (Å²) in [6, 6.07) is 10.3. The number of carbonyl (C=O) groups is 3. The molecular formula is C18H17FN2O6S. The number of hydrogen-bond donors (Lipinski definition) is 2. The third-order valence-corrected chi connectivity index (χ3v) is 4.89. The number of halogens is 1. The van der Waals surface area contributed by atoms with E-state index in [2.05, 4.69) is 5.32 Å². The van der Waals surface area contributed by atoms with E-state index in [1.165, 1.54) is 19.1 Å². The second-order valence-corrected chi connectivity index (χ2v) is 7.36. The van der Waals surface area contributed by atoms with E-state index in [-0.39, 0.29) is 16.4 Å². The Labute approximate surface area is 160 Å². The molecule has 0 aliphatic carbocycles. The van der Waals surface area contributed by atoms with Gasteiger partial charge in [0.25, 0.3) is 5.91 Å². The molecule has 28 heavy (non-hydrogen) atoms. The molecule has 0 aliphatic heterocycles. The van der Waals surface area contributed by atoms with Crippen LogP contribution in [0.2, 0.25) is 0 Å². The number of carbonyl (C=O) groups excluding carboxylic acids is 3. The van der Waals surface area contributed by atoms with Crippen molar-refractivity contribution in [2.24, 2.45) is 0 Å². The number of benzene rings is 2. The number of anilines is 1. The summed E-state index contributed by atoms with van der Waals surface area (Å²) in [6.07, 6.45) is 0. The average Bonchev–Trinajstić information content (AvgIpc) is 2.65. The molecule has 8 nitrogen and oxygen atoms in total. The summed E-state index contributed by atoms with van der Waals surface area (Å²) >= 11 is 0. The molecule has 2 aromatic carbocycles. The lowest BCUT2D eigenvalue weighted by Gasteiger charge is -2.10. The fourth-order valence-electron chi connectivity index (χ4n) is 2.13. The van der Waals surface area contributed by atoms with E-state index in [4.69, 9.17) is 4.74 Å². The molecular weight excluding hydrogens is 391 g/mol. The van der Waals surface area contributed by atoms with Gasteiger partial charge in [0.05, 0.1) is 10.6 Å². The molecule has 1 amide bonds. The first-order valence-electron chi connectivity index (χ1n) is 8.00. The zero-order valence-corrected chi connectivity index (χ0v) is 15.6. The van der Waals surface area contributed by atoms with Gasteiger partial charge in [0.2, 0.25) is 10.0 Å². The second kappa shape index (κ2) is 9.20. The fraction of sp³-hybridized carbons (Fsp3) is 0.167. The molecule has 2 aromatic rings. The monoisotopic (exact) mass is 408 g/mol. The van der Waals surface area contributed by atoms with Crippen molar-refractivity contribution in [3.05, 3.63) is 59.9 Å². The quantitative estimate of drug-likeness (QED) is 0.505. The van der Waals surface area contributed by atoms with Gasteiger partial charge in [-0.05, 0) is 43.3 Å². The molecule has 0 atom stereocenters. The number of ketones is 1. The van der Waals surface area contributed by atoms with Gasteiger partial charge in [-0.1, -0.05) is 12.1 Å². The van der Waals surface area contributed by atoms with Crippen LogP contribution in [0, 0.1) is 5.82 Å². The normalized spacial score (nSPS) is 10.9. The van der Waals surface area contributed by atoms with Crippen molar-refractivity contribution < 1.29 is 31.9 Å². The summed E-state index contributed by atoms with van der Waals surface area (Å²) in [5.74, 6) is -2.53. The Morgan fingerprint density at radius 1 is 1.04 bits per heavy atom. The van der Waals surface area contributed by atoms with Gasteiger partial charge >= 0.3 is 5.97 Å². The van der Waals surface area contributed by atoms with Crippen LogP contribution in [0.3, 0.4) is 0 Å². The van der Waals surface area contributed by atoms with Gasteiger partial charge in [0.1, 0.15) is 12.4 Å². The lowest BCUT2D eigenvalue weighted by atomic mass is 10.1. The van der Waals surface area contributed by atoms with E-state index in [0.717, 1.165) is 24.3 Å². The Bertz CT molecular complexity index is 989. The minimum atomic E-state index is -4.03. The van der Waals surface area contributed by atoms with Gasteiger partial charge in [-0.2, -0.15) is 4.72 Å². The number of hydrogen-bond acceptors (Lipinski definition) is 6. The molecule has 0 bridgehead atoms. The molecule has 0 saturated heterocycles. The van der Waals surface area contributed by atoms with E-state index in [0.29, 0.717) is 5.56 Å². The predicted octanol–water partition coefficient (Wildman–Crippen LogP) is 1.49. The topological polar surface area (TPSA) is 119 Å². The molecule has 0 aliphatic rings. The minimum Gasteiger partial charge on any atom is -0.455 e. The van der Waals surface area contributed by atoms with Crippen molar-refractivity contribution in [2.45, 2.75) is 11.8 Å². The zero-order valence-electron chi connectivity index (χ0n) is 14.8. The number of Topliss-reactive ketones (excluding diaryl/α,β-unsaturated/α-hetero) is 1.